The summed E-state index contributed by atoms with van der Waals surface area (Å²) in [6, 6.07) is 8.85. The van der Waals surface area contributed by atoms with Gasteiger partial charge < -0.3 is 14.8 Å². The Kier molecular flexibility index (Phi) is 4.51. The molecule has 2 aliphatic rings. The standard InChI is InChI=1S/C18H27NO2/c1-3-12-19-17(18(2)11-4-13-20-18)14-5-7-15(8-6-14)21-16-9-10-16/h5-8,16-17,19H,3-4,9-13H2,1-2H3. The molecular weight excluding hydrogens is 262 g/mol. The molecule has 116 valence electrons. The molecule has 3 heteroatoms. The maximum Gasteiger partial charge on any atom is 0.119 e. The van der Waals surface area contributed by atoms with Crippen LogP contribution in [0.1, 0.15) is 57.6 Å². The predicted molar refractivity (Wildman–Crippen MR) is 84.7 cm³/mol. The minimum Gasteiger partial charge on any atom is -0.490 e. The number of hydrogen-bond donors (Lipinski definition) is 1. The van der Waals surface area contributed by atoms with E-state index in [4.69, 9.17) is 9.47 Å². The molecule has 1 saturated carbocycles. The van der Waals surface area contributed by atoms with E-state index in [-0.39, 0.29) is 11.6 Å². The first-order valence-corrected chi connectivity index (χ1v) is 8.35. The minimum atomic E-state index is -0.0892. The zero-order chi connectivity index (χ0) is 14.7. The van der Waals surface area contributed by atoms with Crippen LogP contribution in [0.2, 0.25) is 0 Å². The number of benzene rings is 1. The molecule has 0 bridgehead atoms. The van der Waals surface area contributed by atoms with Crippen molar-refractivity contribution in [2.75, 3.05) is 13.2 Å². The highest BCUT2D eigenvalue weighted by Crippen LogP contribution is 2.38. The lowest BCUT2D eigenvalue weighted by Gasteiger charge is -2.34. The SMILES string of the molecule is CCCNC(c1ccc(OC2CC2)cc1)C1(C)CCCO1. The Labute approximate surface area is 128 Å². The first kappa shape index (κ1) is 14.9. The molecule has 0 radical (unpaired) electrons. The Hall–Kier alpha value is -1.06. The van der Waals surface area contributed by atoms with Crippen LogP contribution >= 0.6 is 0 Å². The number of rotatable bonds is 7. The summed E-state index contributed by atoms with van der Waals surface area (Å²) in [5.74, 6) is 0.994. The average molecular weight is 289 g/mol. The molecule has 1 aromatic carbocycles. The Morgan fingerprint density at radius 3 is 2.67 bits per heavy atom. The van der Waals surface area contributed by atoms with Crippen LogP contribution in [0.15, 0.2) is 24.3 Å². The predicted octanol–water partition coefficient (Wildman–Crippen LogP) is 3.84. The van der Waals surface area contributed by atoms with Crippen molar-refractivity contribution in [2.24, 2.45) is 0 Å². The molecule has 2 unspecified atom stereocenters. The van der Waals surface area contributed by atoms with E-state index in [1.807, 2.05) is 0 Å². The fraction of sp³-hybridized carbons (Fsp3) is 0.667. The van der Waals surface area contributed by atoms with Crippen molar-refractivity contribution in [1.29, 1.82) is 0 Å². The molecule has 2 atom stereocenters. The molecule has 0 amide bonds. The first-order chi connectivity index (χ1) is 10.2. The summed E-state index contributed by atoms with van der Waals surface area (Å²) < 4.78 is 11.9. The van der Waals surface area contributed by atoms with Crippen molar-refractivity contribution in [3.63, 3.8) is 0 Å². The maximum atomic E-state index is 6.07. The van der Waals surface area contributed by atoms with E-state index in [9.17, 15) is 0 Å². The lowest BCUT2D eigenvalue weighted by molar-refractivity contribution is -0.0124. The number of hydrogen-bond acceptors (Lipinski definition) is 3. The van der Waals surface area contributed by atoms with Crippen LogP contribution in [0.3, 0.4) is 0 Å². The highest BCUT2D eigenvalue weighted by molar-refractivity contribution is 5.31. The normalized spacial score (nSPS) is 26.8. The van der Waals surface area contributed by atoms with E-state index in [1.165, 1.54) is 18.4 Å². The molecule has 21 heavy (non-hydrogen) atoms. The average Bonchev–Trinajstić information content (AvgIpc) is 3.20. The van der Waals surface area contributed by atoms with Gasteiger partial charge in [-0.05, 0) is 63.3 Å². The van der Waals surface area contributed by atoms with Gasteiger partial charge in [-0.2, -0.15) is 0 Å². The molecule has 3 nitrogen and oxygen atoms in total. The third-order valence-electron chi connectivity index (χ3n) is 4.50. The summed E-state index contributed by atoms with van der Waals surface area (Å²) >= 11 is 0. The number of nitrogens with one attached hydrogen (secondary N) is 1. The van der Waals surface area contributed by atoms with Gasteiger partial charge in [0, 0.05) is 6.61 Å². The monoisotopic (exact) mass is 289 g/mol. The van der Waals surface area contributed by atoms with Crippen LogP contribution in [-0.2, 0) is 4.74 Å². The molecule has 1 aliphatic carbocycles. The Balaban J connectivity index is 1.74. The van der Waals surface area contributed by atoms with Gasteiger partial charge in [0.1, 0.15) is 5.75 Å². The quantitative estimate of drug-likeness (QED) is 0.827. The molecule has 0 aromatic heterocycles. The molecule has 1 aliphatic heterocycles. The Morgan fingerprint density at radius 2 is 2.10 bits per heavy atom. The highest BCUT2D eigenvalue weighted by atomic mass is 16.5. The van der Waals surface area contributed by atoms with Crippen LogP contribution in [0.5, 0.6) is 5.75 Å². The summed E-state index contributed by atoms with van der Waals surface area (Å²) in [6.45, 7) is 6.34. The van der Waals surface area contributed by atoms with Crippen LogP contribution in [0.4, 0.5) is 0 Å². The summed E-state index contributed by atoms with van der Waals surface area (Å²) in [4.78, 5) is 0. The van der Waals surface area contributed by atoms with Gasteiger partial charge in [0.05, 0.1) is 17.7 Å². The highest BCUT2D eigenvalue weighted by Gasteiger charge is 2.39. The van der Waals surface area contributed by atoms with E-state index in [1.54, 1.807) is 0 Å². The van der Waals surface area contributed by atoms with Gasteiger partial charge in [0.15, 0.2) is 0 Å². The van der Waals surface area contributed by atoms with Crippen LogP contribution in [0.25, 0.3) is 0 Å². The third kappa shape index (κ3) is 3.58. The molecular formula is C18H27NO2. The van der Waals surface area contributed by atoms with E-state index < -0.39 is 0 Å². The van der Waals surface area contributed by atoms with Gasteiger partial charge in [-0.15, -0.1) is 0 Å². The zero-order valence-electron chi connectivity index (χ0n) is 13.2. The Bertz CT molecular complexity index is 447. The van der Waals surface area contributed by atoms with E-state index in [0.29, 0.717) is 6.10 Å². The summed E-state index contributed by atoms with van der Waals surface area (Å²) in [5, 5.41) is 3.67. The molecule has 3 rings (SSSR count). The minimum absolute atomic E-state index is 0.0892. The zero-order valence-corrected chi connectivity index (χ0v) is 13.2. The van der Waals surface area contributed by atoms with Gasteiger partial charge in [0.25, 0.3) is 0 Å². The molecule has 1 aromatic rings. The van der Waals surface area contributed by atoms with Crippen LogP contribution in [0, 0.1) is 0 Å². The van der Waals surface area contributed by atoms with Gasteiger partial charge in [0.2, 0.25) is 0 Å². The van der Waals surface area contributed by atoms with Gasteiger partial charge in [-0.3, -0.25) is 0 Å². The maximum absolute atomic E-state index is 6.07. The fourth-order valence-corrected chi connectivity index (χ4v) is 3.12. The topological polar surface area (TPSA) is 30.5 Å². The van der Waals surface area contributed by atoms with E-state index >= 15 is 0 Å². The van der Waals surface area contributed by atoms with Crippen molar-refractivity contribution in [3.05, 3.63) is 29.8 Å². The van der Waals surface area contributed by atoms with Crippen molar-refractivity contribution >= 4 is 0 Å². The lowest BCUT2D eigenvalue weighted by atomic mass is 9.87. The van der Waals surface area contributed by atoms with Gasteiger partial charge in [-0.25, -0.2) is 0 Å². The van der Waals surface area contributed by atoms with E-state index in [0.717, 1.165) is 38.2 Å². The van der Waals surface area contributed by atoms with Crippen LogP contribution in [-0.4, -0.2) is 24.9 Å². The first-order valence-electron chi connectivity index (χ1n) is 8.35. The molecule has 2 fully saturated rings. The van der Waals surface area contributed by atoms with Crippen molar-refractivity contribution in [2.45, 2.75) is 63.7 Å². The van der Waals surface area contributed by atoms with Gasteiger partial charge in [-0.1, -0.05) is 19.1 Å². The van der Waals surface area contributed by atoms with Crippen molar-refractivity contribution < 1.29 is 9.47 Å². The summed E-state index contributed by atoms with van der Waals surface area (Å²) in [6.07, 6.45) is 6.27. The number of ether oxygens (including phenoxy) is 2. The largest absolute Gasteiger partial charge is 0.490 e. The second kappa shape index (κ2) is 6.37. The molecule has 1 N–H and O–H groups in total. The molecule has 0 spiro atoms. The molecule has 1 heterocycles. The third-order valence-corrected chi connectivity index (χ3v) is 4.50. The fourth-order valence-electron chi connectivity index (χ4n) is 3.12. The second-order valence-electron chi connectivity index (χ2n) is 6.54. The second-order valence-corrected chi connectivity index (χ2v) is 6.54. The van der Waals surface area contributed by atoms with Crippen molar-refractivity contribution in [1.82, 2.24) is 5.32 Å². The lowest BCUT2D eigenvalue weighted by Crippen LogP contribution is -2.41. The van der Waals surface area contributed by atoms with E-state index in [2.05, 4.69) is 43.4 Å². The molecule has 1 saturated heterocycles. The van der Waals surface area contributed by atoms with Crippen molar-refractivity contribution in [3.8, 4) is 5.75 Å². The van der Waals surface area contributed by atoms with Gasteiger partial charge >= 0.3 is 0 Å². The smallest absolute Gasteiger partial charge is 0.119 e. The summed E-state index contributed by atoms with van der Waals surface area (Å²) in [7, 11) is 0. The summed E-state index contributed by atoms with van der Waals surface area (Å²) in [5.41, 5.74) is 1.21. The van der Waals surface area contributed by atoms with Crippen LogP contribution < -0.4 is 10.1 Å². The Morgan fingerprint density at radius 1 is 1.33 bits per heavy atom.